The first kappa shape index (κ1) is 28.1. The Morgan fingerprint density at radius 3 is 2.24 bits per heavy atom. The SMILES string of the molecule is CCc1ccc(-n2c(C(CC)N(Cc3ccco3)C(=O)c3ccc(C(C)(C)C)cc3)nc3ccccc3c2=O)cc1. The Kier molecular flexibility index (Phi) is 7.93. The second kappa shape index (κ2) is 11.6. The van der Waals surface area contributed by atoms with Gasteiger partial charge < -0.3 is 9.32 Å². The second-order valence-electron chi connectivity index (χ2n) is 11.4. The van der Waals surface area contributed by atoms with Crippen LogP contribution in [0.2, 0.25) is 0 Å². The van der Waals surface area contributed by atoms with E-state index in [2.05, 4.69) is 27.7 Å². The number of aromatic nitrogens is 2. The first-order valence-electron chi connectivity index (χ1n) is 14.3. The molecule has 0 N–H and O–H groups in total. The van der Waals surface area contributed by atoms with Crippen molar-refractivity contribution in [2.45, 2.75) is 65.5 Å². The van der Waals surface area contributed by atoms with Crippen molar-refractivity contribution in [3.63, 3.8) is 0 Å². The van der Waals surface area contributed by atoms with Gasteiger partial charge in [0, 0.05) is 5.56 Å². The smallest absolute Gasteiger partial charge is 0.266 e. The highest BCUT2D eigenvalue weighted by Gasteiger charge is 2.31. The monoisotopic (exact) mass is 547 g/mol. The molecule has 41 heavy (non-hydrogen) atoms. The van der Waals surface area contributed by atoms with Crippen LogP contribution >= 0.6 is 0 Å². The van der Waals surface area contributed by atoms with E-state index in [1.54, 1.807) is 21.8 Å². The summed E-state index contributed by atoms with van der Waals surface area (Å²) in [4.78, 5) is 35.1. The normalized spacial score (nSPS) is 12.4. The molecule has 5 rings (SSSR count). The molecule has 2 aromatic heterocycles. The predicted molar refractivity (Wildman–Crippen MR) is 163 cm³/mol. The molecule has 0 aliphatic rings. The molecule has 6 nitrogen and oxygen atoms in total. The third-order valence-corrected chi connectivity index (χ3v) is 7.63. The molecule has 3 aromatic carbocycles. The van der Waals surface area contributed by atoms with Gasteiger partial charge in [0.2, 0.25) is 0 Å². The maximum Gasteiger partial charge on any atom is 0.266 e. The van der Waals surface area contributed by atoms with E-state index in [0.717, 1.165) is 17.7 Å². The minimum absolute atomic E-state index is 0.0280. The molecule has 0 spiro atoms. The molecular formula is C35H37N3O3. The van der Waals surface area contributed by atoms with Crippen LogP contribution in [0.1, 0.15) is 80.2 Å². The lowest BCUT2D eigenvalue weighted by molar-refractivity contribution is 0.0624. The molecule has 210 valence electrons. The topological polar surface area (TPSA) is 68.3 Å². The molecule has 1 unspecified atom stereocenters. The zero-order valence-electron chi connectivity index (χ0n) is 24.4. The maximum atomic E-state index is 14.3. The third-order valence-electron chi connectivity index (χ3n) is 7.63. The van der Waals surface area contributed by atoms with Crippen molar-refractivity contribution in [2.75, 3.05) is 0 Å². The highest BCUT2D eigenvalue weighted by Crippen LogP contribution is 2.30. The molecule has 0 saturated carbocycles. The molecule has 2 heterocycles. The number of carbonyl (C=O) groups excluding carboxylic acids is 1. The molecule has 0 bridgehead atoms. The van der Waals surface area contributed by atoms with Crippen LogP contribution in [0.5, 0.6) is 0 Å². The summed E-state index contributed by atoms with van der Waals surface area (Å²) in [6, 6.07) is 26.3. The molecule has 0 saturated heterocycles. The second-order valence-corrected chi connectivity index (χ2v) is 11.4. The van der Waals surface area contributed by atoms with E-state index in [1.165, 1.54) is 5.56 Å². The first-order valence-corrected chi connectivity index (χ1v) is 14.3. The van der Waals surface area contributed by atoms with Crippen molar-refractivity contribution in [2.24, 2.45) is 0 Å². The van der Waals surface area contributed by atoms with Crippen molar-refractivity contribution in [1.82, 2.24) is 14.5 Å². The number of carbonyl (C=O) groups is 1. The van der Waals surface area contributed by atoms with Gasteiger partial charge in [-0.25, -0.2) is 4.98 Å². The van der Waals surface area contributed by atoms with Crippen molar-refractivity contribution in [3.8, 4) is 5.69 Å². The lowest BCUT2D eigenvalue weighted by atomic mass is 9.86. The largest absolute Gasteiger partial charge is 0.467 e. The van der Waals surface area contributed by atoms with Crippen molar-refractivity contribution in [1.29, 1.82) is 0 Å². The fourth-order valence-electron chi connectivity index (χ4n) is 5.22. The van der Waals surface area contributed by atoms with Gasteiger partial charge in [0.1, 0.15) is 11.6 Å². The van der Waals surface area contributed by atoms with Gasteiger partial charge in [-0.15, -0.1) is 0 Å². The van der Waals surface area contributed by atoms with Crippen LogP contribution in [0.25, 0.3) is 16.6 Å². The van der Waals surface area contributed by atoms with Crippen LogP contribution in [0.15, 0.2) is 100 Å². The van der Waals surface area contributed by atoms with E-state index in [4.69, 9.17) is 9.40 Å². The van der Waals surface area contributed by atoms with Gasteiger partial charge in [-0.2, -0.15) is 0 Å². The van der Waals surface area contributed by atoms with Crippen LogP contribution in [-0.4, -0.2) is 20.4 Å². The molecular weight excluding hydrogens is 510 g/mol. The van der Waals surface area contributed by atoms with Gasteiger partial charge in [-0.05, 0) is 77.9 Å². The summed E-state index contributed by atoms with van der Waals surface area (Å²) >= 11 is 0. The summed E-state index contributed by atoms with van der Waals surface area (Å²) in [5, 5.41) is 0.535. The molecule has 5 aromatic rings. The van der Waals surface area contributed by atoms with Gasteiger partial charge in [0.15, 0.2) is 0 Å². The molecule has 6 heteroatoms. The summed E-state index contributed by atoms with van der Waals surface area (Å²) in [5.74, 6) is 1.03. The van der Waals surface area contributed by atoms with Gasteiger partial charge in [0.05, 0.1) is 35.4 Å². The number of para-hydroxylation sites is 1. The fourth-order valence-corrected chi connectivity index (χ4v) is 5.22. The Morgan fingerprint density at radius 2 is 1.63 bits per heavy atom. The molecule has 0 radical (unpaired) electrons. The Labute approximate surface area is 241 Å². The standard InChI is InChI=1S/C35H37N3O3/c1-6-24-14-20-27(21-15-24)38-32(36-30-13-9-8-12-29(30)34(38)40)31(7-2)37(23-28-11-10-22-41-28)33(39)25-16-18-26(19-17-25)35(3,4)5/h8-22,31H,6-7,23H2,1-5H3. The number of nitrogens with zero attached hydrogens (tertiary/aromatic N) is 3. The Bertz CT molecular complexity index is 1690. The number of aryl methyl sites for hydroxylation is 1. The number of benzene rings is 3. The summed E-state index contributed by atoms with van der Waals surface area (Å²) < 4.78 is 7.36. The van der Waals surface area contributed by atoms with Gasteiger partial charge in [-0.1, -0.05) is 71.0 Å². The van der Waals surface area contributed by atoms with Crippen LogP contribution in [0.3, 0.4) is 0 Å². The summed E-state index contributed by atoms with van der Waals surface area (Å²) in [6.45, 7) is 10.8. The third kappa shape index (κ3) is 5.73. The minimum atomic E-state index is -0.502. The van der Waals surface area contributed by atoms with E-state index in [-0.39, 0.29) is 23.4 Å². The summed E-state index contributed by atoms with van der Waals surface area (Å²) in [6.07, 6.45) is 3.05. The number of hydrogen-bond acceptors (Lipinski definition) is 4. The van der Waals surface area contributed by atoms with Crippen molar-refractivity contribution >= 4 is 16.8 Å². The number of rotatable bonds is 8. The quantitative estimate of drug-likeness (QED) is 0.200. The van der Waals surface area contributed by atoms with Gasteiger partial charge >= 0.3 is 0 Å². The van der Waals surface area contributed by atoms with E-state index in [1.807, 2.05) is 85.8 Å². The number of furan rings is 1. The highest BCUT2D eigenvalue weighted by molar-refractivity contribution is 5.94. The average molecular weight is 548 g/mol. The van der Waals surface area contributed by atoms with E-state index < -0.39 is 6.04 Å². The van der Waals surface area contributed by atoms with Crippen LogP contribution in [0.4, 0.5) is 0 Å². The van der Waals surface area contributed by atoms with Crippen LogP contribution < -0.4 is 5.56 Å². The molecule has 1 amide bonds. The Morgan fingerprint density at radius 1 is 0.927 bits per heavy atom. The van der Waals surface area contributed by atoms with Gasteiger partial charge in [0.25, 0.3) is 11.5 Å². The van der Waals surface area contributed by atoms with Crippen molar-refractivity contribution in [3.05, 3.63) is 130 Å². The zero-order chi connectivity index (χ0) is 29.1. The summed E-state index contributed by atoms with van der Waals surface area (Å²) in [7, 11) is 0. The highest BCUT2D eigenvalue weighted by atomic mass is 16.3. The number of fused-ring (bicyclic) bond motifs is 1. The van der Waals surface area contributed by atoms with Gasteiger partial charge in [-0.3, -0.25) is 14.2 Å². The van der Waals surface area contributed by atoms with Crippen molar-refractivity contribution < 1.29 is 9.21 Å². The maximum absolute atomic E-state index is 14.3. The molecule has 0 aliphatic heterocycles. The lowest BCUT2D eigenvalue weighted by Gasteiger charge is -2.32. The molecule has 1 atom stereocenters. The lowest BCUT2D eigenvalue weighted by Crippen LogP contribution is -2.38. The minimum Gasteiger partial charge on any atom is -0.467 e. The van der Waals surface area contributed by atoms with Crippen LogP contribution in [0, 0.1) is 0 Å². The number of hydrogen-bond donors (Lipinski definition) is 0. The molecule has 0 aliphatic carbocycles. The Balaban J connectivity index is 1.68. The molecule has 0 fully saturated rings. The van der Waals surface area contributed by atoms with Crippen LogP contribution in [-0.2, 0) is 18.4 Å². The number of amides is 1. The zero-order valence-corrected chi connectivity index (χ0v) is 24.4. The predicted octanol–water partition coefficient (Wildman–Crippen LogP) is 7.63. The Hall–Kier alpha value is -4.45. The first-order chi connectivity index (χ1) is 19.7. The van der Waals surface area contributed by atoms with E-state index >= 15 is 0 Å². The van der Waals surface area contributed by atoms with E-state index in [9.17, 15) is 9.59 Å². The van der Waals surface area contributed by atoms with E-state index in [0.29, 0.717) is 34.5 Å². The summed E-state index contributed by atoms with van der Waals surface area (Å²) in [5.41, 5.74) is 4.04. The average Bonchev–Trinajstić information content (AvgIpc) is 3.50. The fraction of sp³-hybridized carbons (Fsp3) is 0.286.